The maximum atomic E-state index is 11.7. The van der Waals surface area contributed by atoms with E-state index in [-0.39, 0.29) is 24.6 Å². The van der Waals surface area contributed by atoms with E-state index in [1.54, 1.807) is 12.1 Å². The number of carbonyl (C=O) groups is 1. The van der Waals surface area contributed by atoms with Crippen molar-refractivity contribution in [2.24, 2.45) is 0 Å². The molecule has 0 spiro atoms. The van der Waals surface area contributed by atoms with E-state index in [1.807, 2.05) is 6.92 Å². The molecule has 0 saturated carbocycles. The molecule has 2 atom stereocenters. The summed E-state index contributed by atoms with van der Waals surface area (Å²) in [5, 5.41) is 6.41. The number of anilines is 1. The SMILES string of the molecule is CC(NCC(=O)Nc1ccc(Cl)cn1)C1CCCO1. The predicted molar refractivity (Wildman–Crippen MR) is 74.3 cm³/mol. The average Bonchev–Trinajstić information content (AvgIpc) is 2.93. The highest BCUT2D eigenvalue weighted by atomic mass is 35.5. The molecule has 1 amide bonds. The molecule has 1 aliphatic rings. The third-order valence-corrected chi connectivity index (χ3v) is 3.33. The Morgan fingerprint density at radius 1 is 1.63 bits per heavy atom. The fourth-order valence-electron chi connectivity index (χ4n) is 2.02. The lowest BCUT2D eigenvalue weighted by molar-refractivity contribution is -0.115. The fourth-order valence-corrected chi connectivity index (χ4v) is 2.13. The van der Waals surface area contributed by atoms with Crippen molar-refractivity contribution in [1.82, 2.24) is 10.3 Å². The van der Waals surface area contributed by atoms with E-state index >= 15 is 0 Å². The van der Waals surface area contributed by atoms with Crippen LogP contribution in [0.1, 0.15) is 19.8 Å². The number of nitrogens with one attached hydrogen (secondary N) is 2. The van der Waals surface area contributed by atoms with Gasteiger partial charge in [0.25, 0.3) is 0 Å². The second-order valence-electron chi connectivity index (χ2n) is 4.63. The summed E-state index contributed by atoms with van der Waals surface area (Å²) in [7, 11) is 0. The van der Waals surface area contributed by atoms with Gasteiger partial charge in [0.15, 0.2) is 0 Å². The highest BCUT2D eigenvalue weighted by Crippen LogP contribution is 2.15. The Morgan fingerprint density at radius 3 is 3.11 bits per heavy atom. The molecule has 2 unspecified atom stereocenters. The summed E-state index contributed by atoms with van der Waals surface area (Å²) in [6.07, 6.45) is 3.85. The van der Waals surface area contributed by atoms with Crippen LogP contribution < -0.4 is 10.6 Å². The minimum absolute atomic E-state index is 0.125. The first-order valence-corrected chi connectivity index (χ1v) is 6.79. The molecule has 0 bridgehead atoms. The van der Waals surface area contributed by atoms with Crippen LogP contribution in [0.2, 0.25) is 5.02 Å². The molecule has 0 aromatic carbocycles. The van der Waals surface area contributed by atoms with Crippen LogP contribution in [0.4, 0.5) is 5.82 Å². The van der Waals surface area contributed by atoms with Crippen molar-refractivity contribution in [1.29, 1.82) is 0 Å². The van der Waals surface area contributed by atoms with E-state index in [2.05, 4.69) is 15.6 Å². The Hall–Kier alpha value is -1.17. The minimum atomic E-state index is -0.125. The molecular weight excluding hydrogens is 266 g/mol. The van der Waals surface area contributed by atoms with Crippen molar-refractivity contribution < 1.29 is 9.53 Å². The third-order valence-electron chi connectivity index (χ3n) is 3.10. The van der Waals surface area contributed by atoms with Gasteiger partial charge in [0.2, 0.25) is 5.91 Å². The zero-order valence-electron chi connectivity index (χ0n) is 10.9. The number of halogens is 1. The second-order valence-corrected chi connectivity index (χ2v) is 5.07. The van der Waals surface area contributed by atoms with Gasteiger partial charge >= 0.3 is 0 Å². The molecule has 1 aromatic heterocycles. The summed E-state index contributed by atoms with van der Waals surface area (Å²) >= 11 is 5.72. The van der Waals surface area contributed by atoms with Gasteiger partial charge in [-0.3, -0.25) is 4.79 Å². The zero-order chi connectivity index (χ0) is 13.7. The molecule has 19 heavy (non-hydrogen) atoms. The van der Waals surface area contributed by atoms with Gasteiger partial charge in [-0.15, -0.1) is 0 Å². The average molecular weight is 284 g/mol. The van der Waals surface area contributed by atoms with Crippen LogP contribution >= 0.6 is 11.6 Å². The number of rotatable bonds is 5. The molecular formula is C13H18ClN3O2. The quantitative estimate of drug-likeness (QED) is 0.865. The number of amides is 1. The molecule has 1 fully saturated rings. The Labute approximate surface area is 117 Å². The van der Waals surface area contributed by atoms with Crippen molar-refractivity contribution in [3.8, 4) is 0 Å². The highest BCUT2D eigenvalue weighted by Gasteiger charge is 2.22. The molecule has 2 rings (SSSR count). The van der Waals surface area contributed by atoms with Gasteiger partial charge in [-0.2, -0.15) is 0 Å². The highest BCUT2D eigenvalue weighted by molar-refractivity contribution is 6.30. The van der Waals surface area contributed by atoms with Crippen molar-refractivity contribution in [2.45, 2.75) is 31.9 Å². The molecule has 1 aliphatic heterocycles. The molecule has 104 valence electrons. The number of nitrogens with zero attached hydrogens (tertiary/aromatic N) is 1. The monoisotopic (exact) mass is 283 g/mol. The molecule has 0 radical (unpaired) electrons. The lowest BCUT2D eigenvalue weighted by atomic mass is 10.1. The maximum absolute atomic E-state index is 11.7. The Bertz CT molecular complexity index is 418. The van der Waals surface area contributed by atoms with Crippen molar-refractivity contribution in [2.75, 3.05) is 18.5 Å². The molecule has 6 heteroatoms. The summed E-state index contributed by atoms with van der Waals surface area (Å²) < 4.78 is 5.56. The topological polar surface area (TPSA) is 63.2 Å². The van der Waals surface area contributed by atoms with Crippen LogP contribution in [0.3, 0.4) is 0 Å². The van der Waals surface area contributed by atoms with Crippen LogP contribution in [0.15, 0.2) is 18.3 Å². The smallest absolute Gasteiger partial charge is 0.239 e. The van der Waals surface area contributed by atoms with E-state index in [9.17, 15) is 4.79 Å². The lowest BCUT2D eigenvalue weighted by Gasteiger charge is -2.19. The maximum Gasteiger partial charge on any atom is 0.239 e. The largest absolute Gasteiger partial charge is 0.377 e. The molecule has 5 nitrogen and oxygen atoms in total. The summed E-state index contributed by atoms with van der Waals surface area (Å²) in [6, 6.07) is 3.53. The number of hydrogen-bond donors (Lipinski definition) is 2. The van der Waals surface area contributed by atoms with E-state index < -0.39 is 0 Å². The number of ether oxygens (including phenoxy) is 1. The van der Waals surface area contributed by atoms with Gasteiger partial charge in [0, 0.05) is 18.8 Å². The lowest BCUT2D eigenvalue weighted by Crippen LogP contribution is -2.41. The van der Waals surface area contributed by atoms with E-state index in [0.29, 0.717) is 10.8 Å². The Balaban J connectivity index is 1.73. The van der Waals surface area contributed by atoms with Crippen LogP contribution in [-0.4, -0.2) is 36.2 Å². The standard InChI is InChI=1S/C13H18ClN3O2/c1-9(11-3-2-6-19-11)15-8-13(18)17-12-5-4-10(14)7-16-12/h4-5,7,9,11,15H,2-3,6,8H2,1H3,(H,16,17,18). The van der Waals surface area contributed by atoms with Crippen LogP contribution in [0, 0.1) is 0 Å². The molecule has 2 heterocycles. The number of pyridine rings is 1. The van der Waals surface area contributed by atoms with Crippen LogP contribution in [0.25, 0.3) is 0 Å². The second kappa shape index (κ2) is 6.84. The summed E-state index contributed by atoms with van der Waals surface area (Å²) in [5.74, 6) is 0.376. The third kappa shape index (κ3) is 4.45. The normalized spacial score (nSPS) is 20.2. The van der Waals surface area contributed by atoms with E-state index in [4.69, 9.17) is 16.3 Å². The van der Waals surface area contributed by atoms with Gasteiger partial charge in [-0.1, -0.05) is 11.6 Å². The summed E-state index contributed by atoms with van der Waals surface area (Å²) in [5.41, 5.74) is 0. The fraction of sp³-hybridized carbons (Fsp3) is 0.538. The molecule has 0 aliphatic carbocycles. The first-order valence-electron chi connectivity index (χ1n) is 6.41. The van der Waals surface area contributed by atoms with Crippen molar-refractivity contribution >= 4 is 23.3 Å². The van der Waals surface area contributed by atoms with Gasteiger partial charge in [-0.25, -0.2) is 4.98 Å². The number of carbonyl (C=O) groups excluding carboxylic acids is 1. The van der Waals surface area contributed by atoms with E-state index in [1.165, 1.54) is 6.20 Å². The van der Waals surface area contributed by atoms with Crippen LogP contribution in [0.5, 0.6) is 0 Å². The van der Waals surface area contributed by atoms with Crippen LogP contribution in [-0.2, 0) is 9.53 Å². The summed E-state index contributed by atoms with van der Waals surface area (Å²) in [4.78, 5) is 15.7. The number of hydrogen-bond acceptors (Lipinski definition) is 4. The molecule has 1 aromatic rings. The van der Waals surface area contributed by atoms with Gasteiger partial charge in [-0.05, 0) is 31.9 Å². The molecule has 2 N–H and O–H groups in total. The first-order chi connectivity index (χ1) is 9.15. The minimum Gasteiger partial charge on any atom is -0.377 e. The van der Waals surface area contributed by atoms with Gasteiger partial charge in [0.05, 0.1) is 17.7 Å². The first kappa shape index (κ1) is 14.2. The van der Waals surface area contributed by atoms with Crippen molar-refractivity contribution in [3.63, 3.8) is 0 Å². The summed E-state index contributed by atoms with van der Waals surface area (Å²) in [6.45, 7) is 3.09. The van der Waals surface area contributed by atoms with Gasteiger partial charge < -0.3 is 15.4 Å². The number of aromatic nitrogens is 1. The van der Waals surface area contributed by atoms with Gasteiger partial charge in [0.1, 0.15) is 5.82 Å². The Kier molecular flexibility index (Phi) is 5.13. The zero-order valence-corrected chi connectivity index (χ0v) is 11.6. The van der Waals surface area contributed by atoms with E-state index in [0.717, 1.165) is 19.4 Å². The molecule has 1 saturated heterocycles. The Morgan fingerprint density at radius 2 is 2.47 bits per heavy atom. The predicted octanol–water partition coefficient (Wildman–Crippen LogP) is 1.83. The van der Waals surface area contributed by atoms with Crippen molar-refractivity contribution in [3.05, 3.63) is 23.4 Å².